The Kier molecular flexibility index (Phi) is 6.25. The maximum atomic E-state index is 12.5. The molecule has 0 bridgehead atoms. The topological polar surface area (TPSA) is 104 Å². The molecule has 9 heteroatoms. The van der Waals surface area contributed by atoms with Gasteiger partial charge in [-0.05, 0) is 43.3 Å². The van der Waals surface area contributed by atoms with Gasteiger partial charge in [-0.15, -0.1) is 0 Å². The molecule has 9 nitrogen and oxygen atoms in total. The number of aromatic amines is 1. The van der Waals surface area contributed by atoms with Gasteiger partial charge in [0, 0.05) is 50.1 Å². The van der Waals surface area contributed by atoms with E-state index in [1.165, 1.54) is 12.2 Å². The summed E-state index contributed by atoms with van der Waals surface area (Å²) >= 11 is 0. The number of methoxy groups -OCH3 is 1. The number of rotatable bonds is 6. The smallest absolute Gasteiger partial charge is 0.249 e. The van der Waals surface area contributed by atoms with Gasteiger partial charge < -0.3 is 24.3 Å². The van der Waals surface area contributed by atoms with Crippen LogP contribution in [0.15, 0.2) is 59.0 Å². The summed E-state index contributed by atoms with van der Waals surface area (Å²) in [5.41, 5.74) is 1.75. The highest BCUT2D eigenvalue weighted by atomic mass is 16.5. The molecule has 3 aromatic rings. The fourth-order valence-electron chi connectivity index (χ4n) is 3.49. The third-order valence-corrected chi connectivity index (χ3v) is 5.24. The first kappa shape index (κ1) is 21.2. The molecular weight excluding hydrogens is 410 g/mol. The van der Waals surface area contributed by atoms with Crippen molar-refractivity contribution in [3.8, 4) is 17.2 Å². The van der Waals surface area contributed by atoms with E-state index in [1.807, 2.05) is 43.3 Å². The molecule has 2 N–H and O–H groups in total. The van der Waals surface area contributed by atoms with E-state index in [0.29, 0.717) is 30.4 Å². The highest BCUT2D eigenvalue weighted by Crippen LogP contribution is 2.22. The van der Waals surface area contributed by atoms with Crippen LogP contribution in [0.2, 0.25) is 0 Å². The van der Waals surface area contributed by atoms with Gasteiger partial charge >= 0.3 is 0 Å². The Morgan fingerprint density at radius 2 is 1.84 bits per heavy atom. The summed E-state index contributed by atoms with van der Waals surface area (Å²) in [5, 5.41) is 9.50. The fourth-order valence-corrected chi connectivity index (χ4v) is 3.49. The van der Waals surface area contributed by atoms with E-state index < -0.39 is 5.91 Å². The Labute approximate surface area is 185 Å². The summed E-state index contributed by atoms with van der Waals surface area (Å²) in [5.74, 6) is 1.96. The van der Waals surface area contributed by atoms with Crippen molar-refractivity contribution >= 4 is 23.3 Å². The molecule has 0 atom stereocenters. The van der Waals surface area contributed by atoms with Crippen LogP contribution >= 0.6 is 0 Å². The number of anilines is 2. The molecule has 0 unspecified atom stereocenters. The van der Waals surface area contributed by atoms with E-state index >= 15 is 0 Å². The number of ether oxygens (including phenoxy) is 1. The quantitative estimate of drug-likeness (QED) is 0.577. The summed E-state index contributed by atoms with van der Waals surface area (Å²) < 4.78 is 10.7. The fraction of sp³-hybridized carbons (Fsp3) is 0.261. The average molecular weight is 435 g/mol. The Balaban J connectivity index is 1.26. The lowest BCUT2D eigenvalue weighted by molar-refractivity contribution is -0.126. The number of benzene rings is 1. The molecule has 1 saturated heterocycles. The molecule has 0 saturated carbocycles. The molecule has 0 aliphatic carbocycles. The second-order valence-corrected chi connectivity index (χ2v) is 7.41. The number of furan rings is 1. The molecule has 0 radical (unpaired) electrons. The van der Waals surface area contributed by atoms with Crippen molar-refractivity contribution in [2.45, 2.75) is 6.92 Å². The molecule has 0 spiro atoms. The standard InChI is InChI=1S/C23H25N5O4/c1-16-3-8-20(32-16)19-15-21(26-25-19)24-22(29)9-10-23(30)28-13-11-27(12-14-28)17-4-6-18(31-2)7-5-17/h3-10,15H,11-14H2,1-2H3,(H2,24,25,26,29)/b10-9+. The molecule has 32 heavy (non-hydrogen) atoms. The number of piperazine rings is 1. The highest BCUT2D eigenvalue weighted by Gasteiger charge is 2.20. The van der Waals surface area contributed by atoms with E-state index in [9.17, 15) is 9.59 Å². The number of carbonyl (C=O) groups excluding carboxylic acids is 2. The second kappa shape index (κ2) is 9.42. The van der Waals surface area contributed by atoms with E-state index in [-0.39, 0.29) is 5.91 Å². The number of carbonyl (C=O) groups is 2. The van der Waals surface area contributed by atoms with Gasteiger partial charge in [0.1, 0.15) is 17.2 Å². The first-order valence-electron chi connectivity index (χ1n) is 10.3. The molecule has 4 rings (SSSR count). The normalized spacial score (nSPS) is 14.1. The zero-order valence-electron chi connectivity index (χ0n) is 18.0. The number of aryl methyl sites for hydroxylation is 1. The largest absolute Gasteiger partial charge is 0.497 e. The lowest BCUT2D eigenvalue weighted by Gasteiger charge is -2.35. The van der Waals surface area contributed by atoms with E-state index in [0.717, 1.165) is 30.3 Å². The maximum absolute atomic E-state index is 12.5. The SMILES string of the molecule is COc1ccc(N2CCN(C(=O)/C=C/C(=O)Nc3cc(-c4ccc(C)o4)[nH]n3)CC2)cc1. The molecular formula is C23H25N5O4. The first-order valence-corrected chi connectivity index (χ1v) is 10.3. The van der Waals surface area contributed by atoms with Crippen LogP contribution in [0.1, 0.15) is 5.76 Å². The molecule has 2 aromatic heterocycles. The summed E-state index contributed by atoms with van der Waals surface area (Å²) in [6.07, 6.45) is 2.52. The third-order valence-electron chi connectivity index (χ3n) is 5.24. The van der Waals surface area contributed by atoms with Crippen LogP contribution in [0.5, 0.6) is 5.75 Å². The monoisotopic (exact) mass is 435 g/mol. The van der Waals surface area contributed by atoms with Gasteiger partial charge in [-0.1, -0.05) is 0 Å². The molecule has 1 fully saturated rings. The first-order chi connectivity index (χ1) is 15.5. The minimum absolute atomic E-state index is 0.191. The summed E-state index contributed by atoms with van der Waals surface area (Å²) in [4.78, 5) is 28.6. The van der Waals surface area contributed by atoms with Crippen molar-refractivity contribution in [3.05, 3.63) is 60.4 Å². The van der Waals surface area contributed by atoms with Crippen molar-refractivity contribution in [1.82, 2.24) is 15.1 Å². The molecule has 166 valence electrons. The Morgan fingerprint density at radius 3 is 2.50 bits per heavy atom. The minimum Gasteiger partial charge on any atom is -0.497 e. The summed E-state index contributed by atoms with van der Waals surface area (Å²) in [6, 6.07) is 13.2. The molecule has 2 amide bonds. The Bertz CT molecular complexity index is 1110. The van der Waals surface area contributed by atoms with Crippen LogP contribution < -0.4 is 15.0 Å². The summed E-state index contributed by atoms with van der Waals surface area (Å²) in [7, 11) is 1.64. The van der Waals surface area contributed by atoms with Crippen LogP contribution in [-0.2, 0) is 9.59 Å². The van der Waals surface area contributed by atoms with E-state index in [1.54, 1.807) is 18.1 Å². The van der Waals surface area contributed by atoms with Crippen LogP contribution in [0.3, 0.4) is 0 Å². The lowest BCUT2D eigenvalue weighted by Crippen LogP contribution is -2.48. The highest BCUT2D eigenvalue weighted by molar-refractivity contribution is 6.03. The number of hydrogen-bond donors (Lipinski definition) is 2. The van der Waals surface area contributed by atoms with Gasteiger partial charge in [-0.25, -0.2) is 0 Å². The van der Waals surface area contributed by atoms with Crippen molar-refractivity contribution < 1.29 is 18.7 Å². The van der Waals surface area contributed by atoms with Gasteiger partial charge in [-0.3, -0.25) is 14.7 Å². The molecule has 3 heterocycles. The van der Waals surface area contributed by atoms with Crippen LogP contribution in [-0.4, -0.2) is 60.2 Å². The number of hydrogen-bond acceptors (Lipinski definition) is 6. The number of nitrogens with one attached hydrogen (secondary N) is 2. The molecule has 1 aliphatic rings. The number of amides is 2. The van der Waals surface area contributed by atoms with Gasteiger partial charge in [0.05, 0.1) is 7.11 Å². The van der Waals surface area contributed by atoms with E-state index in [4.69, 9.17) is 9.15 Å². The number of H-pyrrole nitrogens is 1. The van der Waals surface area contributed by atoms with Gasteiger partial charge in [0.25, 0.3) is 0 Å². The Morgan fingerprint density at radius 1 is 1.09 bits per heavy atom. The zero-order chi connectivity index (χ0) is 22.5. The predicted molar refractivity (Wildman–Crippen MR) is 121 cm³/mol. The maximum Gasteiger partial charge on any atom is 0.249 e. The van der Waals surface area contributed by atoms with Crippen LogP contribution in [0, 0.1) is 6.92 Å². The molecule has 1 aliphatic heterocycles. The van der Waals surface area contributed by atoms with Gasteiger partial charge in [0.2, 0.25) is 11.8 Å². The van der Waals surface area contributed by atoms with Crippen molar-refractivity contribution in [3.63, 3.8) is 0 Å². The van der Waals surface area contributed by atoms with Crippen LogP contribution in [0.25, 0.3) is 11.5 Å². The number of nitrogens with zero attached hydrogens (tertiary/aromatic N) is 3. The van der Waals surface area contributed by atoms with Crippen molar-refractivity contribution in [1.29, 1.82) is 0 Å². The van der Waals surface area contributed by atoms with E-state index in [2.05, 4.69) is 20.4 Å². The Hall–Kier alpha value is -4.01. The third kappa shape index (κ3) is 5.00. The zero-order valence-corrected chi connectivity index (χ0v) is 18.0. The average Bonchev–Trinajstić information content (AvgIpc) is 3.46. The predicted octanol–water partition coefficient (Wildman–Crippen LogP) is 2.83. The summed E-state index contributed by atoms with van der Waals surface area (Å²) in [6.45, 7) is 4.47. The number of aromatic nitrogens is 2. The lowest BCUT2D eigenvalue weighted by atomic mass is 10.2. The van der Waals surface area contributed by atoms with Crippen LogP contribution in [0.4, 0.5) is 11.5 Å². The van der Waals surface area contributed by atoms with Gasteiger partial charge in [0.15, 0.2) is 11.6 Å². The van der Waals surface area contributed by atoms with Gasteiger partial charge in [-0.2, -0.15) is 5.10 Å². The molecule has 1 aromatic carbocycles. The second-order valence-electron chi connectivity index (χ2n) is 7.41. The van der Waals surface area contributed by atoms with Crippen molar-refractivity contribution in [2.75, 3.05) is 43.5 Å². The minimum atomic E-state index is -0.427. The van der Waals surface area contributed by atoms with Crippen molar-refractivity contribution in [2.24, 2.45) is 0 Å².